The van der Waals surface area contributed by atoms with E-state index < -0.39 is 0 Å². The van der Waals surface area contributed by atoms with Crippen LogP contribution in [-0.4, -0.2) is 42.2 Å². The van der Waals surface area contributed by atoms with Crippen LogP contribution in [0, 0.1) is 12.7 Å². The molecule has 0 bridgehead atoms. The van der Waals surface area contributed by atoms with Crippen molar-refractivity contribution in [3.05, 3.63) is 71.8 Å². The van der Waals surface area contributed by atoms with Crippen molar-refractivity contribution >= 4 is 5.69 Å². The van der Waals surface area contributed by atoms with Crippen molar-refractivity contribution in [2.45, 2.75) is 46.2 Å². The number of likely N-dealkylation sites (tertiary alicyclic amines) is 1. The lowest BCUT2D eigenvalue weighted by Gasteiger charge is -2.33. The number of pyridine rings is 1. The summed E-state index contributed by atoms with van der Waals surface area (Å²) >= 11 is 0. The maximum Gasteiger partial charge on any atom is 0.131 e. The van der Waals surface area contributed by atoms with Crippen LogP contribution in [0.25, 0.3) is 11.1 Å². The number of piperidine rings is 1. The fourth-order valence-electron chi connectivity index (χ4n) is 4.53. The van der Waals surface area contributed by atoms with E-state index in [4.69, 9.17) is 9.47 Å². The lowest BCUT2D eigenvalue weighted by Crippen LogP contribution is -2.38. The van der Waals surface area contributed by atoms with Gasteiger partial charge in [-0.1, -0.05) is 12.1 Å². The van der Waals surface area contributed by atoms with E-state index in [1.165, 1.54) is 12.1 Å². The third-order valence-electron chi connectivity index (χ3n) is 6.22. The van der Waals surface area contributed by atoms with Crippen molar-refractivity contribution in [1.29, 1.82) is 0 Å². The predicted octanol–water partition coefficient (Wildman–Crippen LogP) is 6.07. The van der Waals surface area contributed by atoms with E-state index in [-0.39, 0.29) is 5.82 Å². The summed E-state index contributed by atoms with van der Waals surface area (Å²) in [5, 5.41) is 3.66. The number of benzene rings is 2. The predicted molar refractivity (Wildman–Crippen MR) is 135 cm³/mol. The van der Waals surface area contributed by atoms with Gasteiger partial charge in [0.05, 0.1) is 30.2 Å². The van der Waals surface area contributed by atoms with Gasteiger partial charge in [0, 0.05) is 31.9 Å². The molecule has 0 amide bonds. The van der Waals surface area contributed by atoms with Gasteiger partial charge in [0.25, 0.3) is 0 Å². The molecule has 1 N–H and O–H groups in total. The van der Waals surface area contributed by atoms with E-state index in [0.29, 0.717) is 19.3 Å². The highest BCUT2D eigenvalue weighted by Crippen LogP contribution is 2.40. The second-order valence-electron chi connectivity index (χ2n) is 8.67. The van der Waals surface area contributed by atoms with Crippen molar-refractivity contribution in [3.8, 4) is 22.6 Å². The minimum atomic E-state index is -0.257. The second-order valence-corrected chi connectivity index (χ2v) is 8.67. The van der Waals surface area contributed by atoms with Crippen molar-refractivity contribution in [2.75, 3.05) is 31.6 Å². The van der Waals surface area contributed by atoms with Gasteiger partial charge in [-0.05, 0) is 81.1 Å². The molecule has 2 aromatic carbocycles. The number of hydrogen-bond acceptors (Lipinski definition) is 5. The van der Waals surface area contributed by atoms with E-state index in [1.54, 1.807) is 12.1 Å². The fraction of sp³-hybridized carbons (Fsp3) is 0.393. The lowest BCUT2D eigenvalue weighted by molar-refractivity contribution is 0.210. The number of hydrogen-bond donors (Lipinski definition) is 1. The number of rotatable bonds is 9. The molecule has 1 aromatic heterocycles. The molecule has 0 spiro atoms. The summed E-state index contributed by atoms with van der Waals surface area (Å²) in [6.07, 6.45) is 3.99. The molecular formula is C28H34FN3O2. The van der Waals surface area contributed by atoms with E-state index in [1.807, 2.05) is 33.0 Å². The number of nitrogens with zero attached hydrogens (tertiary/aromatic N) is 2. The highest BCUT2D eigenvalue weighted by Gasteiger charge is 2.22. The number of halogens is 1. The largest absolute Gasteiger partial charge is 0.493 e. The highest BCUT2D eigenvalue weighted by molar-refractivity contribution is 5.77. The molecule has 1 aliphatic rings. The Labute approximate surface area is 201 Å². The second kappa shape index (κ2) is 11.3. The number of aromatic nitrogens is 1. The average molecular weight is 464 g/mol. The van der Waals surface area contributed by atoms with Gasteiger partial charge in [0.15, 0.2) is 0 Å². The number of aryl methyl sites for hydroxylation is 1. The summed E-state index contributed by atoms with van der Waals surface area (Å²) < 4.78 is 25.6. The van der Waals surface area contributed by atoms with Gasteiger partial charge in [-0.3, -0.25) is 9.88 Å². The standard InChI is InChI=1S/C28H34FN3O2/c1-4-33-26-17-21(18-27(34-5-2)28(26)22-8-10-23(29)11-9-22)19-32-15-12-24(13-16-32)31-25-7-6-14-30-20(25)3/h6-11,14,17-18,24,31H,4-5,12-13,15-16,19H2,1-3H3. The van der Waals surface area contributed by atoms with Crippen LogP contribution in [0.2, 0.25) is 0 Å². The molecule has 0 atom stereocenters. The summed E-state index contributed by atoms with van der Waals surface area (Å²) in [5.74, 6) is 1.30. The lowest BCUT2D eigenvalue weighted by atomic mass is 9.99. The maximum atomic E-state index is 13.5. The Hall–Kier alpha value is -3.12. The topological polar surface area (TPSA) is 46.6 Å². The molecule has 0 saturated carbocycles. The number of nitrogens with one attached hydrogen (secondary N) is 1. The van der Waals surface area contributed by atoms with Gasteiger partial charge < -0.3 is 14.8 Å². The molecule has 1 saturated heterocycles. The molecule has 6 heteroatoms. The molecular weight excluding hydrogens is 429 g/mol. The molecule has 0 aliphatic carbocycles. The monoisotopic (exact) mass is 463 g/mol. The van der Waals surface area contributed by atoms with Crippen molar-refractivity contribution < 1.29 is 13.9 Å². The quantitative estimate of drug-likeness (QED) is 0.417. The van der Waals surface area contributed by atoms with Gasteiger partial charge in [0.1, 0.15) is 17.3 Å². The zero-order chi connectivity index (χ0) is 23.9. The molecule has 34 heavy (non-hydrogen) atoms. The summed E-state index contributed by atoms with van der Waals surface area (Å²) in [6.45, 7) is 9.96. The third kappa shape index (κ3) is 5.86. The number of anilines is 1. The smallest absolute Gasteiger partial charge is 0.131 e. The summed E-state index contributed by atoms with van der Waals surface area (Å²) in [7, 11) is 0. The molecule has 5 nitrogen and oxygen atoms in total. The fourth-order valence-corrected chi connectivity index (χ4v) is 4.53. The Balaban J connectivity index is 1.49. The third-order valence-corrected chi connectivity index (χ3v) is 6.22. The van der Waals surface area contributed by atoms with E-state index in [2.05, 4.69) is 33.4 Å². The van der Waals surface area contributed by atoms with Crippen molar-refractivity contribution in [3.63, 3.8) is 0 Å². The zero-order valence-electron chi connectivity index (χ0n) is 20.3. The van der Waals surface area contributed by atoms with Gasteiger partial charge in [0.2, 0.25) is 0 Å². The number of ether oxygens (including phenoxy) is 2. The van der Waals surface area contributed by atoms with Crippen LogP contribution in [0.15, 0.2) is 54.7 Å². The maximum absolute atomic E-state index is 13.5. The molecule has 0 radical (unpaired) electrons. The van der Waals surface area contributed by atoms with Gasteiger partial charge in [-0.25, -0.2) is 4.39 Å². The summed E-state index contributed by atoms with van der Waals surface area (Å²) in [6, 6.07) is 15.2. The van der Waals surface area contributed by atoms with E-state index in [0.717, 1.165) is 72.0 Å². The molecule has 1 aliphatic heterocycles. The molecule has 1 fully saturated rings. The van der Waals surface area contributed by atoms with E-state index >= 15 is 0 Å². The highest BCUT2D eigenvalue weighted by atomic mass is 19.1. The molecule has 3 aromatic rings. The first-order chi connectivity index (χ1) is 16.6. The van der Waals surface area contributed by atoms with Gasteiger partial charge in [-0.15, -0.1) is 0 Å². The summed E-state index contributed by atoms with van der Waals surface area (Å²) in [4.78, 5) is 6.86. The minimum absolute atomic E-state index is 0.257. The van der Waals surface area contributed by atoms with Crippen LogP contribution in [0.5, 0.6) is 11.5 Å². The molecule has 4 rings (SSSR count). The van der Waals surface area contributed by atoms with Gasteiger partial charge >= 0.3 is 0 Å². The van der Waals surface area contributed by atoms with Crippen LogP contribution < -0.4 is 14.8 Å². The minimum Gasteiger partial charge on any atom is -0.493 e. The summed E-state index contributed by atoms with van der Waals surface area (Å²) in [5.41, 5.74) is 5.09. The normalized spacial score (nSPS) is 14.7. The first kappa shape index (κ1) is 24.0. The first-order valence-corrected chi connectivity index (χ1v) is 12.2. The Morgan fingerprint density at radius 2 is 1.65 bits per heavy atom. The van der Waals surface area contributed by atoms with Crippen molar-refractivity contribution in [2.24, 2.45) is 0 Å². The van der Waals surface area contributed by atoms with Crippen molar-refractivity contribution in [1.82, 2.24) is 9.88 Å². The van der Waals surface area contributed by atoms with Crippen LogP contribution in [-0.2, 0) is 6.54 Å². The van der Waals surface area contributed by atoms with Crippen LogP contribution in [0.1, 0.15) is 37.9 Å². The first-order valence-electron chi connectivity index (χ1n) is 12.2. The molecule has 180 valence electrons. The zero-order valence-corrected chi connectivity index (χ0v) is 20.3. The average Bonchev–Trinajstić information content (AvgIpc) is 2.83. The Kier molecular flexibility index (Phi) is 8.01. The van der Waals surface area contributed by atoms with E-state index in [9.17, 15) is 4.39 Å². The van der Waals surface area contributed by atoms with Crippen LogP contribution in [0.3, 0.4) is 0 Å². The Morgan fingerprint density at radius 3 is 2.24 bits per heavy atom. The molecule has 2 heterocycles. The Morgan fingerprint density at radius 1 is 1.00 bits per heavy atom. The van der Waals surface area contributed by atoms with Gasteiger partial charge in [-0.2, -0.15) is 0 Å². The SMILES string of the molecule is CCOc1cc(CN2CCC(Nc3cccnc3C)CC2)cc(OCC)c1-c1ccc(F)cc1. The molecule has 0 unspecified atom stereocenters. The Bertz CT molecular complexity index is 1050. The van der Waals surface area contributed by atoms with Crippen LogP contribution >= 0.6 is 0 Å². The van der Waals surface area contributed by atoms with Crippen LogP contribution in [0.4, 0.5) is 10.1 Å².